The molecule has 0 bridgehead atoms. The summed E-state index contributed by atoms with van der Waals surface area (Å²) in [7, 11) is 0. The first-order valence-corrected chi connectivity index (χ1v) is 10.7. The first kappa shape index (κ1) is 21.5. The van der Waals surface area contributed by atoms with Crippen LogP contribution in [-0.2, 0) is 4.74 Å². The van der Waals surface area contributed by atoms with Crippen LogP contribution in [0.4, 0.5) is 25.2 Å². The number of rotatable bonds is 3. The highest BCUT2D eigenvalue weighted by Crippen LogP contribution is 2.37. The lowest BCUT2D eigenvalue weighted by molar-refractivity contribution is 0.0635. The number of benzene rings is 1. The minimum atomic E-state index is -0.641. The molecule has 1 amide bonds. The Balaban J connectivity index is 1.64. The topological polar surface area (TPSA) is 71.8 Å². The van der Waals surface area contributed by atoms with Crippen LogP contribution >= 0.6 is 15.9 Å². The first-order chi connectivity index (χ1) is 14.6. The van der Waals surface area contributed by atoms with Crippen molar-refractivity contribution in [2.24, 2.45) is 0 Å². The molecule has 0 radical (unpaired) electrons. The zero-order valence-corrected chi connectivity index (χ0v) is 18.9. The number of fused-ring (bicyclic) bond motifs is 1. The SMILES string of the molecule is CC(C)(C)OC(=O)Nc1nn2ccc(N3CCCC3c3cc(F)ccc3F)nc2c1Br. The minimum absolute atomic E-state index is 0.271. The standard InChI is InChI=1S/C21H22BrF2N5O2/c1-21(2,3)31-20(30)26-18-17(22)19-25-16(8-10-29(19)27-18)28-9-4-5-15(28)13-11-12(23)6-7-14(13)24/h6-8,10-11,15H,4-5,9H2,1-3H3,(H,26,27,30). The van der Waals surface area contributed by atoms with Gasteiger partial charge in [-0.2, -0.15) is 0 Å². The molecule has 31 heavy (non-hydrogen) atoms. The number of carbonyl (C=O) groups is 1. The third-order valence-corrected chi connectivity index (χ3v) is 5.63. The van der Waals surface area contributed by atoms with Crippen LogP contribution in [0.25, 0.3) is 5.65 Å². The van der Waals surface area contributed by atoms with Crippen molar-refractivity contribution in [3.05, 3.63) is 52.1 Å². The highest BCUT2D eigenvalue weighted by Gasteiger charge is 2.30. The Morgan fingerprint density at radius 2 is 2.06 bits per heavy atom. The number of nitrogens with zero attached hydrogens (tertiary/aromatic N) is 4. The van der Waals surface area contributed by atoms with Gasteiger partial charge in [-0.15, -0.1) is 5.10 Å². The summed E-state index contributed by atoms with van der Waals surface area (Å²) in [5.74, 6) is -0.0204. The molecule has 1 N–H and O–H groups in total. The van der Waals surface area contributed by atoms with E-state index in [9.17, 15) is 13.6 Å². The molecule has 164 valence electrons. The molecule has 1 saturated heterocycles. The van der Waals surface area contributed by atoms with E-state index >= 15 is 0 Å². The lowest BCUT2D eigenvalue weighted by atomic mass is 10.0. The molecule has 1 atom stereocenters. The van der Waals surface area contributed by atoms with E-state index in [0.717, 1.165) is 18.6 Å². The summed E-state index contributed by atoms with van der Waals surface area (Å²) in [6, 6.07) is 4.96. The van der Waals surface area contributed by atoms with Crippen LogP contribution < -0.4 is 10.2 Å². The summed E-state index contributed by atoms with van der Waals surface area (Å²) in [5.41, 5.74) is 0.158. The van der Waals surface area contributed by atoms with Crippen LogP contribution in [0.1, 0.15) is 45.2 Å². The Hall–Kier alpha value is -2.75. The number of nitrogens with one attached hydrogen (secondary N) is 1. The van der Waals surface area contributed by atoms with Gasteiger partial charge in [0.25, 0.3) is 0 Å². The Kier molecular flexibility index (Phi) is 5.59. The van der Waals surface area contributed by atoms with Crippen molar-refractivity contribution < 1.29 is 18.3 Å². The number of hydrogen-bond donors (Lipinski definition) is 1. The normalized spacial score (nSPS) is 16.7. The molecule has 0 spiro atoms. The van der Waals surface area contributed by atoms with E-state index in [1.807, 2.05) is 4.90 Å². The zero-order valence-electron chi connectivity index (χ0n) is 17.3. The summed E-state index contributed by atoms with van der Waals surface area (Å²) in [6.07, 6.45) is 2.61. The Morgan fingerprint density at radius 3 is 2.81 bits per heavy atom. The van der Waals surface area contributed by atoms with Crippen molar-refractivity contribution in [3.8, 4) is 0 Å². The van der Waals surface area contributed by atoms with Gasteiger partial charge in [-0.1, -0.05) is 0 Å². The zero-order chi connectivity index (χ0) is 22.3. The number of amides is 1. The van der Waals surface area contributed by atoms with Crippen molar-refractivity contribution in [1.29, 1.82) is 0 Å². The maximum Gasteiger partial charge on any atom is 0.413 e. The van der Waals surface area contributed by atoms with Crippen molar-refractivity contribution in [2.75, 3.05) is 16.8 Å². The minimum Gasteiger partial charge on any atom is -0.444 e. The fourth-order valence-corrected chi connectivity index (χ4v) is 4.12. The quantitative estimate of drug-likeness (QED) is 0.524. The van der Waals surface area contributed by atoms with Crippen molar-refractivity contribution in [2.45, 2.75) is 45.3 Å². The number of hydrogen-bond acceptors (Lipinski definition) is 5. The van der Waals surface area contributed by atoms with Gasteiger partial charge in [-0.05, 0) is 73.8 Å². The first-order valence-electron chi connectivity index (χ1n) is 9.89. The predicted molar refractivity (Wildman–Crippen MR) is 116 cm³/mol. The van der Waals surface area contributed by atoms with Gasteiger partial charge in [0.05, 0.1) is 6.04 Å². The average Bonchev–Trinajstić information content (AvgIpc) is 3.27. The molecule has 7 nitrogen and oxygen atoms in total. The Bertz CT molecular complexity index is 1140. The van der Waals surface area contributed by atoms with Crippen LogP contribution in [-0.4, -0.2) is 32.8 Å². The van der Waals surface area contributed by atoms with Crippen molar-refractivity contribution in [1.82, 2.24) is 14.6 Å². The maximum atomic E-state index is 14.4. The number of aromatic nitrogens is 3. The summed E-state index contributed by atoms with van der Waals surface area (Å²) >= 11 is 3.44. The smallest absolute Gasteiger partial charge is 0.413 e. The second-order valence-corrected chi connectivity index (χ2v) is 9.15. The van der Waals surface area contributed by atoms with E-state index in [1.54, 1.807) is 33.0 Å². The third kappa shape index (κ3) is 4.48. The molecule has 1 fully saturated rings. The molecule has 1 aliphatic heterocycles. The lowest BCUT2D eigenvalue weighted by Crippen LogP contribution is -2.27. The van der Waals surface area contributed by atoms with E-state index < -0.39 is 23.3 Å². The molecule has 1 aromatic carbocycles. The van der Waals surface area contributed by atoms with Gasteiger partial charge in [-0.25, -0.2) is 23.1 Å². The van der Waals surface area contributed by atoms with Crippen LogP contribution in [0.2, 0.25) is 0 Å². The van der Waals surface area contributed by atoms with Gasteiger partial charge >= 0.3 is 6.09 Å². The van der Waals surface area contributed by atoms with E-state index in [1.165, 1.54) is 10.6 Å². The molecule has 1 unspecified atom stereocenters. The summed E-state index contributed by atoms with van der Waals surface area (Å²) in [4.78, 5) is 18.7. The molecule has 1 aliphatic rings. The molecule has 10 heteroatoms. The molecule has 0 saturated carbocycles. The number of anilines is 2. The van der Waals surface area contributed by atoms with Gasteiger partial charge in [0, 0.05) is 18.3 Å². The van der Waals surface area contributed by atoms with Gasteiger partial charge in [0.1, 0.15) is 27.5 Å². The predicted octanol–water partition coefficient (Wildman–Crippen LogP) is 5.46. The summed E-state index contributed by atoms with van der Waals surface area (Å²) < 4.78 is 35.4. The van der Waals surface area contributed by atoms with E-state index in [-0.39, 0.29) is 11.9 Å². The highest BCUT2D eigenvalue weighted by molar-refractivity contribution is 9.10. The van der Waals surface area contributed by atoms with Crippen molar-refractivity contribution >= 4 is 39.3 Å². The average molecular weight is 494 g/mol. The van der Waals surface area contributed by atoms with Gasteiger partial charge < -0.3 is 9.64 Å². The fraction of sp³-hybridized carbons (Fsp3) is 0.381. The molecule has 2 aromatic heterocycles. The van der Waals surface area contributed by atoms with Gasteiger partial charge in [0.15, 0.2) is 11.5 Å². The monoisotopic (exact) mass is 493 g/mol. The Morgan fingerprint density at radius 1 is 1.29 bits per heavy atom. The highest BCUT2D eigenvalue weighted by atomic mass is 79.9. The fourth-order valence-electron chi connectivity index (χ4n) is 3.67. The third-order valence-electron chi connectivity index (χ3n) is 4.90. The molecular formula is C21H22BrF2N5O2. The van der Waals surface area contributed by atoms with Crippen LogP contribution in [0.5, 0.6) is 0 Å². The lowest BCUT2D eigenvalue weighted by Gasteiger charge is -2.26. The molecule has 0 aliphatic carbocycles. The van der Waals surface area contributed by atoms with E-state index in [4.69, 9.17) is 4.74 Å². The van der Waals surface area contributed by atoms with Gasteiger partial charge in [0.2, 0.25) is 0 Å². The second-order valence-electron chi connectivity index (χ2n) is 8.36. The number of ether oxygens (including phenoxy) is 1. The van der Waals surface area contributed by atoms with E-state index in [0.29, 0.717) is 34.5 Å². The van der Waals surface area contributed by atoms with Crippen LogP contribution in [0.3, 0.4) is 0 Å². The number of halogens is 3. The van der Waals surface area contributed by atoms with Crippen molar-refractivity contribution in [3.63, 3.8) is 0 Å². The summed E-state index contributed by atoms with van der Waals surface area (Å²) in [6.45, 7) is 5.98. The van der Waals surface area contributed by atoms with E-state index in [2.05, 4.69) is 31.3 Å². The largest absolute Gasteiger partial charge is 0.444 e. The van der Waals surface area contributed by atoms with Gasteiger partial charge in [-0.3, -0.25) is 5.32 Å². The molecular weight excluding hydrogens is 472 g/mol. The molecule has 4 rings (SSSR count). The molecule has 3 heterocycles. The Labute approximate surface area is 186 Å². The van der Waals surface area contributed by atoms with Crippen LogP contribution in [0.15, 0.2) is 34.9 Å². The maximum absolute atomic E-state index is 14.4. The molecule has 3 aromatic rings. The summed E-state index contributed by atoms with van der Waals surface area (Å²) in [5, 5.41) is 6.93. The second kappa shape index (κ2) is 8.07. The van der Waals surface area contributed by atoms with Crippen LogP contribution in [0, 0.1) is 11.6 Å². The number of carbonyl (C=O) groups excluding carboxylic acids is 1.